The summed E-state index contributed by atoms with van der Waals surface area (Å²) in [6.07, 6.45) is 12.4. The zero-order valence-electron chi connectivity index (χ0n) is 7.74. The number of rotatable bonds is 1. The van der Waals surface area contributed by atoms with Crippen molar-refractivity contribution in [3.63, 3.8) is 0 Å². The predicted octanol–water partition coefficient (Wildman–Crippen LogP) is 2.79. The SMILES string of the molecule is [O]C1(C2CCCCC2)C=CC=CO1. The number of allylic oxidation sites excluding steroid dienone is 2. The van der Waals surface area contributed by atoms with Crippen molar-refractivity contribution in [2.45, 2.75) is 37.9 Å². The van der Waals surface area contributed by atoms with Crippen molar-refractivity contribution in [3.8, 4) is 0 Å². The smallest absolute Gasteiger partial charge is 0.262 e. The van der Waals surface area contributed by atoms with Crippen LogP contribution in [-0.2, 0) is 9.84 Å². The van der Waals surface area contributed by atoms with Gasteiger partial charge in [0, 0.05) is 5.92 Å². The van der Waals surface area contributed by atoms with Crippen LogP contribution in [0.5, 0.6) is 0 Å². The van der Waals surface area contributed by atoms with Gasteiger partial charge in [0.25, 0.3) is 5.79 Å². The van der Waals surface area contributed by atoms with Crippen LogP contribution in [0.1, 0.15) is 32.1 Å². The molecule has 2 nitrogen and oxygen atoms in total. The standard InChI is InChI=1S/C11H15O2/c12-11(8-4-5-9-13-11)10-6-2-1-3-7-10/h4-5,8-10H,1-3,6-7H2. The Hall–Kier alpha value is -0.760. The van der Waals surface area contributed by atoms with Crippen molar-refractivity contribution >= 4 is 0 Å². The van der Waals surface area contributed by atoms with E-state index < -0.39 is 5.79 Å². The van der Waals surface area contributed by atoms with Gasteiger partial charge in [-0.15, -0.1) is 0 Å². The Labute approximate surface area is 78.9 Å². The molecule has 0 spiro atoms. The van der Waals surface area contributed by atoms with Crippen LogP contribution in [0.3, 0.4) is 0 Å². The maximum absolute atomic E-state index is 12.1. The van der Waals surface area contributed by atoms with Gasteiger partial charge in [-0.05, 0) is 25.0 Å². The predicted molar refractivity (Wildman–Crippen MR) is 49.4 cm³/mol. The summed E-state index contributed by atoms with van der Waals surface area (Å²) in [7, 11) is 0. The minimum atomic E-state index is -1.27. The summed E-state index contributed by atoms with van der Waals surface area (Å²) in [6, 6.07) is 0. The average molecular weight is 179 g/mol. The van der Waals surface area contributed by atoms with Crippen LogP contribution in [0, 0.1) is 5.92 Å². The first-order valence-electron chi connectivity index (χ1n) is 5.04. The minimum Gasteiger partial charge on any atom is -0.463 e. The van der Waals surface area contributed by atoms with Crippen molar-refractivity contribution in [3.05, 3.63) is 24.5 Å². The van der Waals surface area contributed by atoms with Gasteiger partial charge in [0.05, 0.1) is 6.26 Å². The summed E-state index contributed by atoms with van der Waals surface area (Å²) in [5, 5.41) is 12.1. The molecule has 2 rings (SSSR count). The Morgan fingerprint density at radius 2 is 1.92 bits per heavy atom. The van der Waals surface area contributed by atoms with Crippen LogP contribution in [0.4, 0.5) is 0 Å². The van der Waals surface area contributed by atoms with Gasteiger partial charge in [-0.1, -0.05) is 25.3 Å². The summed E-state index contributed by atoms with van der Waals surface area (Å²) in [6.45, 7) is 0. The monoisotopic (exact) mass is 179 g/mol. The van der Waals surface area contributed by atoms with E-state index in [1.807, 2.05) is 0 Å². The molecule has 1 unspecified atom stereocenters. The molecular weight excluding hydrogens is 164 g/mol. The van der Waals surface area contributed by atoms with Crippen molar-refractivity contribution < 1.29 is 9.84 Å². The molecular formula is C11H15O2. The second-order valence-corrected chi connectivity index (χ2v) is 3.86. The van der Waals surface area contributed by atoms with Crippen LogP contribution in [-0.4, -0.2) is 5.79 Å². The maximum atomic E-state index is 12.1. The molecule has 0 saturated heterocycles. The van der Waals surface area contributed by atoms with Crippen molar-refractivity contribution in [2.24, 2.45) is 5.92 Å². The van der Waals surface area contributed by atoms with E-state index in [4.69, 9.17) is 4.74 Å². The maximum Gasteiger partial charge on any atom is 0.262 e. The first kappa shape index (κ1) is 8.82. The highest BCUT2D eigenvalue weighted by atomic mass is 16.6. The fraction of sp³-hybridized carbons (Fsp3) is 0.636. The summed E-state index contributed by atoms with van der Waals surface area (Å²) in [4.78, 5) is 0. The van der Waals surface area contributed by atoms with Gasteiger partial charge in [-0.25, -0.2) is 0 Å². The lowest BCUT2D eigenvalue weighted by atomic mass is 9.82. The molecule has 1 heterocycles. The van der Waals surface area contributed by atoms with Gasteiger partial charge >= 0.3 is 0 Å². The molecule has 0 aromatic heterocycles. The summed E-state index contributed by atoms with van der Waals surface area (Å²) < 4.78 is 5.18. The van der Waals surface area contributed by atoms with E-state index in [2.05, 4.69) is 0 Å². The number of hydrogen-bond acceptors (Lipinski definition) is 1. The molecule has 2 aliphatic rings. The molecule has 0 aromatic carbocycles. The molecule has 0 amide bonds. The molecule has 1 aliphatic carbocycles. The Balaban J connectivity index is 2.04. The second-order valence-electron chi connectivity index (χ2n) is 3.86. The van der Waals surface area contributed by atoms with Crippen LogP contribution in [0.25, 0.3) is 0 Å². The summed E-state index contributed by atoms with van der Waals surface area (Å²) >= 11 is 0. The van der Waals surface area contributed by atoms with E-state index in [1.54, 1.807) is 18.2 Å². The normalized spacial score (nSPS) is 34.5. The second kappa shape index (κ2) is 3.54. The van der Waals surface area contributed by atoms with Gasteiger partial charge in [-0.2, -0.15) is 5.11 Å². The first-order valence-corrected chi connectivity index (χ1v) is 5.04. The number of hydrogen-bond donors (Lipinski definition) is 0. The van der Waals surface area contributed by atoms with Gasteiger partial charge in [-0.3, -0.25) is 0 Å². The Morgan fingerprint density at radius 1 is 1.15 bits per heavy atom. The van der Waals surface area contributed by atoms with Crippen LogP contribution >= 0.6 is 0 Å². The van der Waals surface area contributed by atoms with Crippen LogP contribution in [0.15, 0.2) is 24.5 Å². The molecule has 2 heteroatoms. The molecule has 0 bridgehead atoms. The van der Waals surface area contributed by atoms with Crippen molar-refractivity contribution in [2.75, 3.05) is 0 Å². The van der Waals surface area contributed by atoms with E-state index in [0.29, 0.717) is 0 Å². The molecule has 71 valence electrons. The highest BCUT2D eigenvalue weighted by molar-refractivity contribution is 5.12. The van der Waals surface area contributed by atoms with E-state index in [-0.39, 0.29) is 5.92 Å². The Kier molecular flexibility index (Phi) is 2.40. The highest BCUT2D eigenvalue weighted by Gasteiger charge is 2.38. The molecule has 1 saturated carbocycles. The molecule has 0 aromatic rings. The topological polar surface area (TPSA) is 29.1 Å². The molecule has 13 heavy (non-hydrogen) atoms. The van der Waals surface area contributed by atoms with Gasteiger partial charge in [0.2, 0.25) is 0 Å². The van der Waals surface area contributed by atoms with Crippen molar-refractivity contribution in [1.82, 2.24) is 0 Å². The lowest BCUT2D eigenvalue weighted by molar-refractivity contribution is -0.214. The quantitative estimate of drug-likeness (QED) is 0.608. The fourth-order valence-corrected chi connectivity index (χ4v) is 2.16. The lowest BCUT2D eigenvalue weighted by Crippen LogP contribution is -2.38. The molecule has 1 atom stereocenters. The molecule has 1 aliphatic heterocycles. The zero-order chi connectivity index (χ0) is 9.15. The first-order chi connectivity index (χ1) is 6.31. The van der Waals surface area contributed by atoms with Crippen LogP contribution < -0.4 is 0 Å². The van der Waals surface area contributed by atoms with Crippen LogP contribution in [0.2, 0.25) is 0 Å². The third-order valence-corrected chi connectivity index (χ3v) is 2.94. The molecule has 1 fully saturated rings. The summed E-state index contributed by atoms with van der Waals surface area (Å²) in [5.74, 6) is -1.10. The van der Waals surface area contributed by atoms with E-state index in [0.717, 1.165) is 12.8 Å². The van der Waals surface area contributed by atoms with Crippen molar-refractivity contribution in [1.29, 1.82) is 0 Å². The van der Waals surface area contributed by atoms with E-state index in [1.165, 1.54) is 25.5 Å². The average Bonchev–Trinajstić information content (AvgIpc) is 2.20. The Morgan fingerprint density at radius 3 is 2.54 bits per heavy atom. The Bertz CT molecular complexity index is 226. The molecule has 0 N–H and O–H groups in total. The van der Waals surface area contributed by atoms with Gasteiger partial charge in [0.1, 0.15) is 0 Å². The number of ether oxygens (including phenoxy) is 1. The molecule has 1 radical (unpaired) electrons. The van der Waals surface area contributed by atoms with E-state index >= 15 is 0 Å². The van der Waals surface area contributed by atoms with E-state index in [9.17, 15) is 5.11 Å². The third kappa shape index (κ3) is 1.78. The fourth-order valence-electron chi connectivity index (χ4n) is 2.16. The van der Waals surface area contributed by atoms with Gasteiger partial charge < -0.3 is 4.74 Å². The summed E-state index contributed by atoms with van der Waals surface area (Å²) in [5.41, 5.74) is 0. The highest BCUT2D eigenvalue weighted by Crippen LogP contribution is 2.36. The van der Waals surface area contributed by atoms with Gasteiger partial charge in [0.15, 0.2) is 0 Å². The largest absolute Gasteiger partial charge is 0.463 e. The lowest BCUT2D eigenvalue weighted by Gasteiger charge is -2.34. The zero-order valence-corrected chi connectivity index (χ0v) is 7.74. The minimum absolute atomic E-state index is 0.169. The third-order valence-electron chi connectivity index (χ3n) is 2.94.